The number of nitrogens with one attached hydrogen (secondary N) is 1. The Hall–Kier alpha value is -3.84. The van der Waals surface area contributed by atoms with Gasteiger partial charge in [0.15, 0.2) is 0 Å². The number of hydrogen-bond acceptors (Lipinski definition) is 9. The average molecular weight is 571 g/mol. The summed E-state index contributed by atoms with van der Waals surface area (Å²) in [7, 11) is -4.06. The lowest BCUT2D eigenvalue weighted by Gasteiger charge is -2.27. The fraction of sp³-hybridized carbons (Fsp3) is 0.407. The largest absolute Gasteiger partial charge is 0.464 e. The molecule has 2 atom stereocenters. The molecule has 0 aliphatic carbocycles. The first kappa shape index (κ1) is 27.7. The predicted molar refractivity (Wildman–Crippen MR) is 146 cm³/mol. The van der Waals surface area contributed by atoms with E-state index in [2.05, 4.69) is 19.6 Å². The maximum absolute atomic E-state index is 15.4. The lowest BCUT2D eigenvalue weighted by molar-refractivity contribution is -0.153. The van der Waals surface area contributed by atoms with E-state index in [4.69, 9.17) is 10.5 Å². The molecule has 5 rings (SSSR count). The van der Waals surface area contributed by atoms with Gasteiger partial charge in [0.25, 0.3) is 0 Å². The second kappa shape index (κ2) is 11.3. The predicted octanol–water partition coefficient (Wildman–Crippen LogP) is 2.00. The molecule has 2 aliphatic heterocycles. The number of anilines is 2. The van der Waals surface area contributed by atoms with Gasteiger partial charge in [-0.25, -0.2) is 27.6 Å². The molecule has 0 spiro atoms. The monoisotopic (exact) mass is 570 g/mol. The summed E-state index contributed by atoms with van der Waals surface area (Å²) in [6, 6.07) is 5.49. The van der Waals surface area contributed by atoms with Crippen molar-refractivity contribution in [3.63, 3.8) is 0 Å². The van der Waals surface area contributed by atoms with Crippen molar-refractivity contribution >= 4 is 44.3 Å². The molecule has 2 unspecified atom stereocenters. The molecule has 0 radical (unpaired) electrons. The van der Waals surface area contributed by atoms with Crippen molar-refractivity contribution in [1.29, 1.82) is 0 Å². The third-order valence-electron chi connectivity index (χ3n) is 7.34. The Morgan fingerprint density at radius 1 is 1.15 bits per heavy atom. The molecule has 2 aromatic heterocycles. The number of ether oxygens (including phenoxy) is 1. The van der Waals surface area contributed by atoms with E-state index in [-0.39, 0.29) is 47.7 Å². The number of benzene rings is 1. The first-order valence-electron chi connectivity index (χ1n) is 13.2. The number of sulfonamides is 1. The number of pyridine rings is 2. The molecule has 0 bridgehead atoms. The highest BCUT2D eigenvalue weighted by Crippen LogP contribution is 2.27. The number of nitrogen functional groups attached to an aromatic ring is 1. The summed E-state index contributed by atoms with van der Waals surface area (Å²) >= 11 is 0. The quantitative estimate of drug-likeness (QED) is 0.369. The molecule has 3 aromatic rings. The number of rotatable bonds is 9. The third kappa shape index (κ3) is 5.43. The summed E-state index contributed by atoms with van der Waals surface area (Å²) in [5.41, 5.74) is 6.05. The highest BCUT2D eigenvalue weighted by atomic mass is 32.2. The van der Waals surface area contributed by atoms with Crippen molar-refractivity contribution in [1.82, 2.24) is 19.6 Å². The minimum absolute atomic E-state index is 0.0596. The maximum Gasteiger partial charge on any atom is 0.329 e. The van der Waals surface area contributed by atoms with Crippen LogP contribution >= 0.6 is 0 Å². The average Bonchev–Trinajstić information content (AvgIpc) is 3.60. The summed E-state index contributed by atoms with van der Waals surface area (Å²) < 4.78 is 49.2. The number of aromatic nitrogens is 2. The minimum atomic E-state index is -4.06. The molecule has 1 aromatic carbocycles. The second-order valence-corrected chi connectivity index (χ2v) is 11.6. The van der Waals surface area contributed by atoms with Crippen molar-refractivity contribution < 1.29 is 27.1 Å². The van der Waals surface area contributed by atoms with E-state index in [1.165, 1.54) is 35.5 Å². The number of carbonyl (C=O) groups excluding carboxylic acids is 2. The van der Waals surface area contributed by atoms with Crippen LogP contribution < -0.4 is 15.4 Å². The Kier molecular flexibility index (Phi) is 7.86. The van der Waals surface area contributed by atoms with E-state index >= 15 is 4.39 Å². The van der Waals surface area contributed by atoms with Gasteiger partial charge in [-0.05, 0) is 49.9 Å². The number of nitrogens with two attached hydrogens (primary N) is 1. The van der Waals surface area contributed by atoms with Gasteiger partial charge in [0.2, 0.25) is 15.9 Å². The van der Waals surface area contributed by atoms with Crippen LogP contribution in [0.3, 0.4) is 0 Å². The number of amides is 1. The summed E-state index contributed by atoms with van der Waals surface area (Å²) in [5.74, 6) is -0.977. The summed E-state index contributed by atoms with van der Waals surface area (Å²) in [6.07, 6.45) is 4.78. The molecular weight excluding hydrogens is 539 g/mol. The highest BCUT2D eigenvalue weighted by Gasteiger charge is 2.41. The number of fused-ring (bicyclic) bond motifs is 1. The van der Waals surface area contributed by atoms with E-state index < -0.39 is 39.8 Å². The van der Waals surface area contributed by atoms with Crippen LogP contribution in [0.1, 0.15) is 31.7 Å². The zero-order valence-electron chi connectivity index (χ0n) is 22.0. The van der Waals surface area contributed by atoms with E-state index in [1.807, 2.05) is 0 Å². The molecule has 0 saturated carbocycles. The standard InChI is InChI=1S/C27H31FN6O5S/c1-2-39-27(36)22(15-17-5-7-20-19(24(17)28)9-11-30-25(20)29)34-14-10-21(26(34)35)32-40(37,38)18-6-8-23(31-16-18)33-12-3-4-13-33/h5-9,11,16,21-22,32H,2-4,10,12-15H2,1H3,(H2,29,30). The number of esters is 1. The van der Waals surface area contributed by atoms with E-state index in [1.54, 1.807) is 19.1 Å². The first-order valence-corrected chi connectivity index (χ1v) is 14.7. The Balaban J connectivity index is 1.34. The molecular formula is C27H31FN6O5S. The summed E-state index contributed by atoms with van der Waals surface area (Å²) in [5, 5.41) is 0.682. The van der Waals surface area contributed by atoms with Gasteiger partial charge < -0.3 is 20.3 Å². The van der Waals surface area contributed by atoms with Crippen molar-refractivity contribution in [2.45, 2.75) is 49.6 Å². The van der Waals surface area contributed by atoms with E-state index in [0.29, 0.717) is 11.2 Å². The van der Waals surface area contributed by atoms with Gasteiger partial charge >= 0.3 is 5.97 Å². The maximum atomic E-state index is 15.4. The van der Waals surface area contributed by atoms with Crippen molar-refractivity contribution in [3.05, 3.63) is 54.1 Å². The first-order chi connectivity index (χ1) is 19.2. The highest BCUT2D eigenvalue weighted by molar-refractivity contribution is 7.89. The molecule has 11 nitrogen and oxygen atoms in total. The summed E-state index contributed by atoms with van der Waals surface area (Å²) in [6.45, 7) is 3.54. The van der Waals surface area contributed by atoms with Gasteiger partial charge in [-0.1, -0.05) is 12.1 Å². The van der Waals surface area contributed by atoms with Gasteiger partial charge in [-0.15, -0.1) is 0 Å². The van der Waals surface area contributed by atoms with Gasteiger partial charge in [-0.2, -0.15) is 4.72 Å². The number of nitrogens with zero attached hydrogens (tertiary/aromatic N) is 4. The number of carbonyl (C=O) groups is 2. The van der Waals surface area contributed by atoms with Gasteiger partial charge in [0.05, 0.1) is 6.61 Å². The normalized spacial score (nSPS) is 18.4. The van der Waals surface area contributed by atoms with Gasteiger partial charge in [0, 0.05) is 49.2 Å². The van der Waals surface area contributed by atoms with Crippen molar-refractivity contribution in [3.8, 4) is 0 Å². The fourth-order valence-corrected chi connectivity index (χ4v) is 6.42. The molecule has 3 N–H and O–H groups in total. The Labute approximate surface area is 231 Å². The molecule has 40 heavy (non-hydrogen) atoms. The summed E-state index contributed by atoms with van der Waals surface area (Å²) in [4.78, 5) is 37.9. The molecule has 2 aliphatic rings. The molecule has 1 amide bonds. The SMILES string of the molecule is CCOC(=O)C(Cc1ccc2c(N)nccc2c1F)N1CCC(NS(=O)(=O)c2ccc(N3CCCC3)nc2)C1=O. The molecule has 13 heteroatoms. The second-order valence-electron chi connectivity index (χ2n) is 9.84. The van der Waals surface area contributed by atoms with Crippen molar-refractivity contribution in [2.75, 3.05) is 36.9 Å². The lowest BCUT2D eigenvalue weighted by Crippen LogP contribution is -2.48. The number of hydrogen-bond donors (Lipinski definition) is 2. The van der Waals surface area contributed by atoms with Crippen LogP contribution in [-0.2, 0) is 30.8 Å². The van der Waals surface area contributed by atoms with Crippen LogP contribution in [0.4, 0.5) is 16.0 Å². The van der Waals surface area contributed by atoms with Crippen LogP contribution in [0.15, 0.2) is 47.6 Å². The van der Waals surface area contributed by atoms with Crippen LogP contribution in [0, 0.1) is 5.82 Å². The van der Waals surface area contributed by atoms with Gasteiger partial charge in [-0.3, -0.25) is 4.79 Å². The Morgan fingerprint density at radius 2 is 1.93 bits per heavy atom. The lowest BCUT2D eigenvalue weighted by atomic mass is 10.0. The third-order valence-corrected chi connectivity index (χ3v) is 8.79. The molecule has 2 fully saturated rings. The van der Waals surface area contributed by atoms with Crippen LogP contribution in [0.5, 0.6) is 0 Å². The van der Waals surface area contributed by atoms with Crippen LogP contribution in [0.2, 0.25) is 0 Å². The van der Waals surface area contributed by atoms with Gasteiger partial charge in [0.1, 0.15) is 34.4 Å². The molecule has 2 saturated heterocycles. The van der Waals surface area contributed by atoms with E-state index in [0.717, 1.165) is 25.9 Å². The number of halogens is 1. The van der Waals surface area contributed by atoms with E-state index in [9.17, 15) is 18.0 Å². The van der Waals surface area contributed by atoms with Crippen LogP contribution in [0.25, 0.3) is 10.8 Å². The fourth-order valence-electron chi connectivity index (χ4n) is 5.25. The topological polar surface area (TPSA) is 148 Å². The zero-order valence-corrected chi connectivity index (χ0v) is 22.9. The zero-order chi connectivity index (χ0) is 28.4. The Bertz CT molecular complexity index is 1530. The van der Waals surface area contributed by atoms with Crippen molar-refractivity contribution in [2.24, 2.45) is 0 Å². The molecule has 212 valence electrons. The smallest absolute Gasteiger partial charge is 0.329 e. The number of likely N-dealkylation sites (tertiary alicyclic amines) is 1. The minimum Gasteiger partial charge on any atom is -0.464 e. The van der Waals surface area contributed by atoms with Crippen LogP contribution in [-0.4, -0.2) is 73.5 Å². The molecule has 4 heterocycles. The Morgan fingerprint density at radius 3 is 2.62 bits per heavy atom.